The van der Waals surface area contributed by atoms with Gasteiger partial charge in [0.05, 0.1) is 5.56 Å². The highest BCUT2D eigenvalue weighted by atomic mass is 32.1. The van der Waals surface area contributed by atoms with Crippen molar-refractivity contribution in [1.82, 2.24) is 14.8 Å². The normalized spacial score (nSPS) is 11.2. The number of aromatic amines is 1. The minimum atomic E-state index is -0.0424. The van der Waals surface area contributed by atoms with Gasteiger partial charge < -0.3 is 10.2 Å². The highest BCUT2D eigenvalue weighted by molar-refractivity contribution is 7.71. The molecule has 3 rings (SSSR count). The largest absolute Gasteiger partial charge is 0.508 e. The van der Waals surface area contributed by atoms with E-state index >= 15 is 0 Å². The van der Waals surface area contributed by atoms with Crippen LogP contribution in [0.5, 0.6) is 11.5 Å². The van der Waals surface area contributed by atoms with Crippen LogP contribution < -0.4 is 0 Å². The average Bonchev–Trinajstić information content (AvgIpc) is 2.89. The second-order valence-electron chi connectivity index (χ2n) is 6.11. The summed E-state index contributed by atoms with van der Waals surface area (Å²) in [6.45, 7) is 5.97. The number of H-pyrrole nitrogens is 1. The first-order valence-corrected chi connectivity index (χ1v) is 8.10. The number of aromatic hydroxyl groups is 2. The molecule has 0 atom stereocenters. The third-order valence-electron chi connectivity index (χ3n) is 3.97. The number of phenols is 2. The molecule has 0 fully saturated rings. The number of nitrogens with one attached hydrogen (secondary N) is 1. The number of hydrogen-bond donors (Lipinski definition) is 3. The third-order valence-corrected chi connectivity index (χ3v) is 4.25. The summed E-state index contributed by atoms with van der Waals surface area (Å²) in [7, 11) is 0. The monoisotopic (exact) mass is 341 g/mol. The number of aryl methyl sites for hydroxylation is 1. The smallest absolute Gasteiger partial charge is 0.200 e. The number of nitrogens with zero attached hydrogens (tertiary/aromatic N) is 2. The molecule has 0 saturated carbocycles. The summed E-state index contributed by atoms with van der Waals surface area (Å²) in [6, 6.07) is 11.0. The van der Waals surface area contributed by atoms with Gasteiger partial charge in [0.15, 0.2) is 10.6 Å². The van der Waals surface area contributed by atoms with Gasteiger partial charge in [-0.3, -0.25) is 9.67 Å². The van der Waals surface area contributed by atoms with Crippen LogP contribution in [0.2, 0.25) is 0 Å². The van der Waals surface area contributed by atoms with E-state index in [0.717, 1.165) is 16.8 Å². The topological polar surface area (TPSA) is 74.1 Å². The van der Waals surface area contributed by atoms with Crippen LogP contribution in [0, 0.1) is 11.7 Å². The molecule has 6 heteroatoms. The summed E-state index contributed by atoms with van der Waals surface area (Å²) in [5.41, 5.74) is 3.26. The molecule has 1 aromatic heterocycles. The first-order chi connectivity index (χ1) is 11.4. The molecule has 3 aromatic rings. The summed E-state index contributed by atoms with van der Waals surface area (Å²) in [5.74, 6) is 0.642. The molecule has 1 heterocycles. The lowest BCUT2D eigenvalue weighted by atomic mass is 9.98. The molecular formula is C18H19N3O2S. The van der Waals surface area contributed by atoms with Crippen molar-refractivity contribution < 1.29 is 10.2 Å². The van der Waals surface area contributed by atoms with E-state index in [2.05, 4.69) is 10.2 Å². The van der Waals surface area contributed by atoms with E-state index in [-0.39, 0.29) is 17.4 Å². The summed E-state index contributed by atoms with van der Waals surface area (Å²) < 4.78 is 2.21. The van der Waals surface area contributed by atoms with Crippen LogP contribution >= 0.6 is 12.2 Å². The fourth-order valence-corrected chi connectivity index (χ4v) is 2.88. The molecule has 5 nitrogen and oxygen atoms in total. The SMILES string of the molecule is Cc1ccc(-n2c(-c3cc(C(C)C)c(O)cc3O)n[nH]c2=S)cc1. The van der Waals surface area contributed by atoms with E-state index in [4.69, 9.17) is 12.2 Å². The average molecular weight is 341 g/mol. The Morgan fingerprint density at radius 3 is 2.38 bits per heavy atom. The van der Waals surface area contributed by atoms with Crippen LogP contribution in [0.25, 0.3) is 17.1 Å². The van der Waals surface area contributed by atoms with Gasteiger partial charge in [0, 0.05) is 11.8 Å². The molecule has 2 aromatic carbocycles. The standard InChI is InChI=1S/C18H19N3O2S/c1-10(2)13-8-14(16(23)9-15(13)22)17-19-20-18(24)21(17)12-6-4-11(3)5-7-12/h4-10,22-23H,1-3H3,(H,20,24). The van der Waals surface area contributed by atoms with Crippen molar-refractivity contribution in [2.75, 3.05) is 0 Å². The predicted octanol–water partition coefficient (Wildman–Crippen LogP) is 4.44. The van der Waals surface area contributed by atoms with E-state index < -0.39 is 0 Å². The zero-order valence-corrected chi connectivity index (χ0v) is 14.6. The Balaban J connectivity index is 2.24. The van der Waals surface area contributed by atoms with Crippen molar-refractivity contribution in [1.29, 1.82) is 0 Å². The highest BCUT2D eigenvalue weighted by Gasteiger charge is 2.18. The van der Waals surface area contributed by atoms with Gasteiger partial charge in [0.25, 0.3) is 0 Å². The predicted molar refractivity (Wildman–Crippen MR) is 96.3 cm³/mol. The van der Waals surface area contributed by atoms with Gasteiger partial charge in [-0.1, -0.05) is 31.5 Å². The second kappa shape index (κ2) is 6.13. The van der Waals surface area contributed by atoms with Crippen LogP contribution in [-0.4, -0.2) is 25.0 Å². The first kappa shape index (κ1) is 16.3. The van der Waals surface area contributed by atoms with Crippen molar-refractivity contribution in [2.24, 2.45) is 0 Å². The summed E-state index contributed by atoms with van der Waals surface area (Å²) in [4.78, 5) is 0. The Labute approximate surface area is 145 Å². The van der Waals surface area contributed by atoms with E-state index in [1.807, 2.05) is 45.0 Å². The zero-order chi connectivity index (χ0) is 17.4. The zero-order valence-electron chi connectivity index (χ0n) is 13.7. The molecule has 0 radical (unpaired) electrons. The maximum absolute atomic E-state index is 10.3. The molecule has 0 unspecified atom stereocenters. The van der Waals surface area contributed by atoms with E-state index in [1.54, 1.807) is 10.6 Å². The van der Waals surface area contributed by atoms with Crippen LogP contribution in [0.15, 0.2) is 36.4 Å². The summed E-state index contributed by atoms with van der Waals surface area (Å²) in [5, 5.41) is 27.4. The van der Waals surface area contributed by atoms with Crippen LogP contribution in [0.4, 0.5) is 0 Å². The molecule has 0 saturated heterocycles. The Kier molecular flexibility index (Phi) is 4.15. The van der Waals surface area contributed by atoms with Gasteiger partial charge in [-0.05, 0) is 48.8 Å². The lowest BCUT2D eigenvalue weighted by molar-refractivity contribution is 0.444. The fourth-order valence-electron chi connectivity index (χ4n) is 2.65. The highest BCUT2D eigenvalue weighted by Crippen LogP contribution is 2.37. The van der Waals surface area contributed by atoms with Crippen molar-refractivity contribution in [3.05, 3.63) is 52.3 Å². The maximum atomic E-state index is 10.3. The van der Waals surface area contributed by atoms with Crippen molar-refractivity contribution >= 4 is 12.2 Å². The van der Waals surface area contributed by atoms with Gasteiger partial charge in [0.1, 0.15) is 11.5 Å². The van der Waals surface area contributed by atoms with E-state index in [9.17, 15) is 10.2 Å². The van der Waals surface area contributed by atoms with Crippen molar-refractivity contribution in [3.63, 3.8) is 0 Å². The molecule has 0 aliphatic heterocycles. The van der Waals surface area contributed by atoms with Crippen molar-refractivity contribution in [2.45, 2.75) is 26.7 Å². The molecule has 0 aliphatic carbocycles. The molecule has 124 valence electrons. The van der Waals surface area contributed by atoms with Crippen molar-refractivity contribution in [3.8, 4) is 28.6 Å². The van der Waals surface area contributed by atoms with Gasteiger partial charge in [-0.25, -0.2) is 0 Å². The van der Waals surface area contributed by atoms with E-state index in [0.29, 0.717) is 16.2 Å². The van der Waals surface area contributed by atoms with Gasteiger partial charge >= 0.3 is 0 Å². The first-order valence-electron chi connectivity index (χ1n) is 7.69. The van der Waals surface area contributed by atoms with Crippen LogP contribution in [-0.2, 0) is 0 Å². The Morgan fingerprint density at radius 1 is 1.08 bits per heavy atom. The van der Waals surface area contributed by atoms with Crippen LogP contribution in [0.3, 0.4) is 0 Å². The maximum Gasteiger partial charge on any atom is 0.200 e. The Hall–Kier alpha value is -2.60. The molecule has 0 bridgehead atoms. The fraction of sp³-hybridized carbons (Fsp3) is 0.222. The molecule has 0 amide bonds. The third kappa shape index (κ3) is 2.80. The molecule has 24 heavy (non-hydrogen) atoms. The lowest BCUT2D eigenvalue weighted by Gasteiger charge is -2.13. The minimum Gasteiger partial charge on any atom is -0.508 e. The summed E-state index contributed by atoms with van der Waals surface area (Å²) >= 11 is 5.36. The van der Waals surface area contributed by atoms with Gasteiger partial charge in [0.2, 0.25) is 0 Å². The Bertz CT molecular complexity index is 940. The molecule has 3 N–H and O–H groups in total. The number of benzene rings is 2. The van der Waals surface area contributed by atoms with Crippen LogP contribution in [0.1, 0.15) is 30.9 Å². The molecule has 0 aliphatic rings. The summed E-state index contributed by atoms with van der Waals surface area (Å²) in [6.07, 6.45) is 0. The number of phenolic OH excluding ortho intramolecular Hbond substituents is 2. The number of aromatic nitrogens is 3. The quantitative estimate of drug-likeness (QED) is 0.616. The van der Waals surface area contributed by atoms with E-state index in [1.165, 1.54) is 6.07 Å². The second-order valence-corrected chi connectivity index (χ2v) is 6.49. The lowest BCUT2D eigenvalue weighted by Crippen LogP contribution is -1.99. The number of rotatable bonds is 3. The Morgan fingerprint density at radius 2 is 1.75 bits per heavy atom. The van der Waals surface area contributed by atoms with Gasteiger partial charge in [-0.2, -0.15) is 5.10 Å². The number of hydrogen-bond acceptors (Lipinski definition) is 4. The van der Waals surface area contributed by atoms with Gasteiger partial charge in [-0.15, -0.1) is 0 Å². The minimum absolute atomic E-state index is 0.0424. The molecular weight excluding hydrogens is 322 g/mol. The molecule has 0 spiro atoms.